The number of aromatic nitrogens is 2. The zero-order valence-electron chi connectivity index (χ0n) is 11.4. The van der Waals surface area contributed by atoms with Crippen LogP contribution in [-0.2, 0) is 19.0 Å². The van der Waals surface area contributed by atoms with Crippen molar-refractivity contribution in [3.8, 4) is 5.88 Å². The quantitative estimate of drug-likeness (QED) is 0.560. The Labute approximate surface area is 127 Å². The van der Waals surface area contributed by atoms with E-state index in [9.17, 15) is 4.79 Å². The molecular formula is C12H17ClN2O6. The Morgan fingerprint density at radius 2 is 1.67 bits per heavy atom. The first-order valence-corrected chi connectivity index (χ1v) is 6.61. The Morgan fingerprint density at radius 1 is 1.05 bits per heavy atom. The first-order chi connectivity index (χ1) is 10.2. The number of carbonyl (C=O) groups is 1. The van der Waals surface area contributed by atoms with Gasteiger partial charge in [0.05, 0.1) is 45.4 Å². The summed E-state index contributed by atoms with van der Waals surface area (Å²) in [6, 6.07) is 0. The molecule has 1 rings (SSSR count). The number of hydrogen-bond donors (Lipinski definition) is 1. The molecule has 21 heavy (non-hydrogen) atoms. The Bertz CT molecular complexity index is 420. The summed E-state index contributed by atoms with van der Waals surface area (Å²) in [6.45, 7) is 1.76. The average molecular weight is 321 g/mol. The van der Waals surface area contributed by atoms with E-state index in [4.69, 9.17) is 35.7 Å². The molecule has 8 nitrogen and oxygen atoms in total. The van der Waals surface area contributed by atoms with Crippen LogP contribution in [0.4, 0.5) is 0 Å². The predicted molar refractivity (Wildman–Crippen MR) is 72.6 cm³/mol. The van der Waals surface area contributed by atoms with Crippen molar-refractivity contribution in [1.82, 2.24) is 9.97 Å². The summed E-state index contributed by atoms with van der Waals surface area (Å²) in [5.41, 5.74) is 0. The van der Waals surface area contributed by atoms with Crippen molar-refractivity contribution >= 4 is 17.6 Å². The lowest BCUT2D eigenvalue weighted by atomic mass is 10.6. The van der Waals surface area contributed by atoms with Crippen molar-refractivity contribution in [3.63, 3.8) is 0 Å². The molecule has 0 aliphatic carbocycles. The van der Waals surface area contributed by atoms with E-state index in [0.29, 0.717) is 38.9 Å². The summed E-state index contributed by atoms with van der Waals surface area (Å²) in [5, 5.41) is 8.59. The van der Waals surface area contributed by atoms with Crippen LogP contribution >= 0.6 is 11.6 Å². The molecule has 0 aromatic carbocycles. The van der Waals surface area contributed by atoms with Gasteiger partial charge in [0.15, 0.2) is 5.15 Å². The third kappa shape index (κ3) is 9.97. The number of aliphatic carboxylic acids is 1. The van der Waals surface area contributed by atoms with Crippen LogP contribution in [0.15, 0.2) is 12.4 Å². The third-order valence-electron chi connectivity index (χ3n) is 2.03. The molecule has 0 bridgehead atoms. The fourth-order valence-electron chi connectivity index (χ4n) is 1.20. The van der Waals surface area contributed by atoms with Gasteiger partial charge in [0.1, 0.15) is 13.2 Å². The molecule has 0 spiro atoms. The molecule has 0 amide bonds. The van der Waals surface area contributed by atoms with Crippen LogP contribution in [0.3, 0.4) is 0 Å². The lowest BCUT2D eigenvalue weighted by molar-refractivity contribution is -0.142. The molecular weight excluding hydrogens is 304 g/mol. The summed E-state index contributed by atoms with van der Waals surface area (Å²) in [4.78, 5) is 17.9. The monoisotopic (exact) mass is 320 g/mol. The highest BCUT2D eigenvalue weighted by Crippen LogP contribution is 2.08. The van der Waals surface area contributed by atoms with Gasteiger partial charge in [-0.15, -0.1) is 0 Å². The van der Waals surface area contributed by atoms with Gasteiger partial charge in [-0.2, -0.15) is 4.98 Å². The second-order valence-corrected chi connectivity index (χ2v) is 4.09. The topological polar surface area (TPSA) is 100 Å². The van der Waals surface area contributed by atoms with Crippen molar-refractivity contribution in [1.29, 1.82) is 0 Å². The van der Waals surface area contributed by atoms with Crippen LogP contribution in [0.25, 0.3) is 0 Å². The minimum Gasteiger partial charge on any atom is -0.480 e. The van der Waals surface area contributed by atoms with E-state index in [2.05, 4.69) is 9.97 Å². The SMILES string of the molecule is O=C(O)COCCOCCOCCOc1cncc(Cl)n1. The van der Waals surface area contributed by atoms with Crippen LogP contribution in [0.5, 0.6) is 5.88 Å². The standard InChI is InChI=1S/C12H17ClN2O6/c13-10-7-14-8-11(15-10)21-6-5-19-2-1-18-3-4-20-9-12(16)17/h7-8H,1-6,9H2,(H,16,17). The molecule has 0 aliphatic rings. The third-order valence-corrected chi connectivity index (χ3v) is 2.21. The van der Waals surface area contributed by atoms with Gasteiger partial charge < -0.3 is 24.1 Å². The van der Waals surface area contributed by atoms with E-state index in [0.717, 1.165) is 0 Å². The highest BCUT2D eigenvalue weighted by molar-refractivity contribution is 6.29. The summed E-state index contributed by atoms with van der Waals surface area (Å²) < 4.78 is 20.5. The predicted octanol–water partition coefficient (Wildman–Crippen LogP) is 0.643. The first-order valence-electron chi connectivity index (χ1n) is 6.24. The average Bonchev–Trinajstić information content (AvgIpc) is 2.44. The van der Waals surface area contributed by atoms with E-state index >= 15 is 0 Å². The molecule has 1 aromatic heterocycles. The van der Waals surface area contributed by atoms with Crippen molar-refractivity contribution in [2.75, 3.05) is 46.2 Å². The van der Waals surface area contributed by atoms with E-state index in [1.807, 2.05) is 0 Å². The number of carboxylic acids is 1. The van der Waals surface area contributed by atoms with Gasteiger partial charge in [-0.25, -0.2) is 4.79 Å². The zero-order chi connectivity index (χ0) is 15.3. The van der Waals surface area contributed by atoms with Gasteiger partial charge in [-0.1, -0.05) is 11.6 Å². The zero-order valence-corrected chi connectivity index (χ0v) is 12.1. The molecule has 9 heteroatoms. The molecule has 1 aromatic rings. The number of halogens is 1. The summed E-state index contributed by atoms with van der Waals surface area (Å²) in [6.07, 6.45) is 2.88. The smallest absolute Gasteiger partial charge is 0.329 e. The number of hydrogen-bond acceptors (Lipinski definition) is 7. The lowest BCUT2D eigenvalue weighted by Crippen LogP contribution is -2.14. The maximum Gasteiger partial charge on any atom is 0.329 e. The van der Waals surface area contributed by atoms with Gasteiger partial charge in [-0.05, 0) is 0 Å². The second-order valence-electron chi connectivity index (χ2n) is 3.70. The van der Waals surface area contributed by atoms with Crippen LogP contribution < -0.4 is 4.74 Å². The van der Waals surface area contributed by atoms with Crippen molar-refractivity contribution in [2.45, 2.75) is 0 Å². The Kier molecular flexibility index (Phi) is 9.38. The number of ether oxygens (including phenoxy) is 4. The number of carboxylic acid groups (broad SMARTS) is 1. The fraction of sp³-hybridized carbons (Fsp3) is 0.583. The number of rotatable bonds is 12. The number of nitrogens with zero attached hydrogens (tertiary/aromatic N) is 2. The van der Waals surface area contributed by atoms with E-state index in [-0.39, 0.29) is 18.4 Å². The normalized spacial score (nSPS) is 10.5. The van der Waals surface area contributed by atoms with Crippen molar-refractivity contribution < 1.29 is 28.8 Å². The largest absolute Gasteiger partial charge is 0.480 e. The molecule has 0 fully saturated rings. The minimum atomic E-state index is -0.997. The van der Waals surface area contributed by atoms with Crippen molar-refractivity contribution in [3.05, 3.63) is 17.5 Å². The van der Waals surface area contributed by atoms with E-state index < -0.39 is 5.97 Å². The van der Waals surface area contributed by atoms with Crippen molar-refractivity contribution in [2.24, 2.45) is 0 Å². The van der Waals surface area contributed by atoms with Crippen LogP contribution in [-0.4, -0.2) is 67.3 Å². The van der Waals surface area contributed by atoms with Crippen LogP contribution in [0, 0.1) is 0 Å². The fourth-order valence-corrected chi connectivity index (χ4v) is 1.34. The molecule has 118 valence electrons. The van der Waals surface area contributed by atoms with E-state index in [1.54, 1.807) is 0 Å². The van der Waals surface area contributed by atoms with Gasteiger partial charge in [-0.3, -0.25) is 4.98 Å². The van der Waals surface area contributed by atoms with Crippen LogP contribution in [0.1, 0.15) is 0 Å². The molecule has 0 saturated heterocycles. The highest BCUT2D eigenvalue weighted by atomic mass is 35.5. The first kappa shape index (κ1) is 17.6. The highest BCUT2D eigenvalue weighted by Gasteiger charge is 1.98. The molecule has 0 unspecified atom stereocenters. The summed E-state index contributed by atoms with van der Waals surface area (Å²) in [7, 11) is 0. The van der Waals surface area contributed by atoms with Gasteiger partial charge in [0.2, 0.25) is 5.88 Å². The minimum absolute atomic E-state index is 0.239. The Balaban J connectivity index is 1.86. The summed E-state index contributed by atoms with van der Waals surface area (Å²) >= 11 is 5.65. The van der Waals surface area contributed by atoms with Gasteiger partial charge in [0, 0.05) is 0 Å². The van der Waals surface area contributed by atoms with Crippen LogP contribution in [0.2, 0.25) is 5.15 Å². The second kappa shape index (κ2) is 11.2. The lowest BCUT2D eigenvalue weighted by Gasteiger charge is -2.07. The molecule has 1 heterocycles. The molecule has 0 saturated carbocycles. The maximum absolute atomic E-state index is 10.1. The summed E-state index contributed by atoms with van der Waals surface area (Å²) in [5.74, 6) is -0.652. The Hall–Kier alpha value is -1.48. The van der Waals surface area contributed by atoms with Gasteiger partial charge >= 0.3 is 5.97 Å². The molecule has 0 radical (unpaired) electrons. The molecule has 0 aliphatic heterocycles. The Morgan fingerprint density at radius 3 is 2.29 bits per heavy atom. The maximum atomic E-state index is 10.1. The van der Waals surface area contributed by atoms with Gasteiger partial charge in [0.25, 0.3) is 0 Å². The molecule has 0 atom stereocenters. The van der Waals surface area contributed by atoms with E-state index in [1.165, 1.54) is 12.4 Å². The molecule has 1 N–H and O–H groups in total.